The maximum Gasteiger partial charge on any atom is 0.253 e. The fourth-order valence-corrected chi connectivity index (χ4v) is 1.61. The highest BCUT2D eigenvalue weighted by atomic mass is 35.5. The standard InChI is InChI=1S/C12H11ClN2O2/c13-11-9(2-1-3-10(11)14)12(16)15-6-8-4-5-17-7-8/h1-5,7H,6,14H2,(H,15,16). The summed E-state index contributed by atoms with van der Waals surface area (Å²) in [5.41, 5.74) is 7.27. The molecule has 0 aliphatic rings. The van der Waals surface area contributed by atoms with Crippen molar-refractivity contribution in [3.63, 3.8) is 0 Å². The molecule has 88 valence electrons. The Morgan fingerprint density at radius 1 is 1.41 bits per heavy atom. The van der Waals surface area contributed by atoms with Gasteiger partial charge in [-0.05, 0) is 18.2 Å². The van der Waals surface area contributed by atoms with E-state index in [4.69, 9.17) is 21.8 Å². The lowest BCUT2D eigenvalue weighted by Crippen LogP contribution is -2.23. The van der Waals surface area contributed by atoms with Crippen LogP contribution in [0, 0.1) is 0 Å². The molecule has 4 nitrogen and oxygen atoms in total. The number of amides is 1. The average molecular weight is 251 g/mol. The van der Waals surface area contributed by atoms with Gasteiger partial charge in [-0.2, -0.15) is 0 Å². The highest BCUT2D eigenvalue weighted by molar-refractivity contribution is 6.36. The van der Waals surface area contributed by atoms with Crippen LogP contribution in [0.4, 0.5) is 5.69 Å². The van der Waals surface area contributed by atoms with Crippen LogP contribution >= 0.6 is 11.6 Å². The lowest BCUT2D eigenvalue weighted by atomic mass is 10.2. The van der Waals surface area contributed by atoms with Crippen LogP contribution in [0.5, 0.6) is 0 Å². The van der Waals surface area contributed by atoms with E-state index in [1.165, 1.54) is 0 Å². The number of carbonyl (C=O) groups is 1. The van der Waals surface area contributed by atoms with E-state index in [0.717, 1.165) is 5.56 Å². The van der Waals surface area contributed by atoms with Crippen LogP contribution in [-0.4, -0.2) is 5.91 Å². The fraction of sp³-hybridized carbons (Fsp3) is 0.0833. The number of benzene rings is 1. The smallest absolute Gasteiger partial charge is 0.253 e. The van der Waals surface area contributed by atoms with E-state index in [9.17, 15) is 4.79 Å². The molecule has 2 aromatic rings. The Hall–Kier alpha value is -1.94. The van der Waals surface area contributed by atoms with Crippen LogP contribution in [0.1, 0.15) is 15.9 Å². The summed E-state index contributed by atoms with van der Waals surface area (Å²) in [6, 6.07) is 6.74. The molecule has 1 aromatic heterocycles. The zero-order chi connectivity index (χ0) is 12.3. The van der Waals surface area contributed by atoms with Gasteiger partial charge in [-0.15, -0.1) is 0 Å². The van der Waals surface area contributed by atoms with Crippen LogP contribution in [0.3, 0.4) is 0 Å². The zero-order valence-electron chi connectivity index (χ0n) is 8.94. The molecule has 0 aliphatic carbocycles. The van der Waals surface area contributed by atoms with Gasteiger partial charge in [-0.3, -0.25) is 4.79 Å². The Balaban J connectivity index is 2.07. The minimum Gasteiger partial charge on any atom is -0.472 e. The third kappa shape index (κ3) is 2.60. The Morgan fingerprint density at radius 3 is 2.94 bits per heavy atom. The van der Waals surface area contributed by atoms with E-state index in [1.54, 1.807) is 36.8 Å². The number of nitrogen functional groups attached to an aromatic ring is 1. The molecule has 2 rings (SSSR count). The molecule has 1 heterocycles. The first-order valence-electron chi connectivity index (χ1n) is 5.01. The summed E-state index contributed by atoms with van der Waals surface area (Å²) >= 11 is 5.94. The summed E-state index contributed by atoms with van der Waals surface area (Å²) in [7, 11) is 0. The number of rotatable bonds is 3. The Bertz CT molecular complexity index is 523. The van der Waals surface area contributed by atoms with E-state index < -0.39 is 0 Å². The summed E-state index contributed by atoms with van der Waals surface area (Å²) in [5, 5.41) is 3.01. The molecule has 0 bridgehead atoms. The van der Waals surface area contributed by atoms with Gasteiger partial charge in [0.15, 0.2) is 0 Å². The largest absolute Gasteiger partial charge is 0.472 e. The zero-order valence-corrected chi connectivity index (χ0v) is 9.70. The maximum atomic E-state index is 11.8. The second kappa shape index (κ2) is 4.93. The van der Waals surface area contributed by atoms with Crippen LogP contribution in [0.15, 0.2) is 41.2 Å². The normalized spacial score (nSPS) is 10.2. The Morgan fingerprint density at radius 2 is 2.24 bits per heavy atom. The molecule has 0 saturated carbocycles. The molecule has 1 amide bonds. The molecule has 17 heavy (non-hydrogen) atoms. The summed E-state index contributed by atoms with van der Waals surface area (Å²) in [6.45, 7) is 0.389. The lowest BCUT2D eigenvalue weighted by molar-refractivity contribution is 0.0951. The van der Waals surface area contributed by atoms with Gasteiger partial charge in [0.2, 0.25) is 0 Å². The van der Waals surface area contributed by atoms with Crippen molar-refractivity contribution >= 4 is 23.2 Å². The molecule has 5 heteroatoms. The van der Waals surface area contributed by atoms with Gasteiger partial charge in [0.05, 0.1) is 28.8 Å². The van der Waals surface area contributed by atoms with E-state index in [0.29, 0.717) is 17.8 Å². The first kappa shape index (κ1) is 11.5. The number of nitrogens with one attached hydrogen (secondary N) is 1. The van der Waals surface area contributed by atoms with E-state index >= 15 is 0 Å². The quantitative estimate of drug-likeness (QED) is 0.822. The summed E-state index contributed by atoms with van der Waals surface area (Å²) < 4.78 is 4.90. The van der Waals surface area contributed by atoms with Gasteiger partial charge < -0.3 is 15.5 Å². The van der Waals surface area contributed by atoms with Crippen LogP contribution in [0.25, 0.3) is 0 Å². The molecular formula is C12H11ClN2O2. The lowest BCUT2D eigenvalue weighted by Gasteiger charge is -2.06. The Kier molecular flexibility index (Phi) is 3.35. The Labute approximate surface area is 103 Å². The second-order valence-electron chi connectivity index (χ2n) is 3.52. The van der Waals surface area contributed by atoms with Crippen molar-refractivity contribution < 1.29 is 9.21 Å². The van der Waals surface area contributed by atoms with Crippen molar-refractivity contribution in [1.82, 2.24) is 5.32 Å². The van der Waals surface area contributed by atoms with Crippen molar-refractivity contribution in [2.45, 2.75) is 6.54 Å². The minimum atomic E-state index is -0.261. The number of furan rings is 1. The van der Waals surface area contributed by atoms with Crippen molar-refractivity contribution in [2.75, 3.05) is 5.73 Å². The second-order valence-corrected chi connectivity index (χ2v) is 3.90. The van der Waals surface area contributed by atoms with Crippen LogP contribution in [-0.2, 0) is 6.54 Å². The molecule has 3 N–H and O–H groups in total. The molecule has 0 atom stereocenters. The SMILES string of the molecule is Nc1cccc(C(=O)NCc2ccoc2)c1Cl. The molecular weight excluding hydrogens is 240 g/mol. The van der Waals surface area contributed by atoms with E-state index in [-0.39, 0.29) is 10.9 Å². The van der Waals surface area contributed by atoms with Gasteiger partial charge in [0.25, 0.3) is 5.91 Å². The fourth-order valence-electron chi connectivity index (χ4n) is 1.40. The highest BCUT2D eigenvalue weighted by Crippen LogP contribution is 2.22. The minimum absolute atomic E-state index is 0.261. The van der Waals surface area contributed by atoms with Crippen LogP contribution in [0.2, 0.25) is 5.02 Å². The molecule has 0 unspecified atom stereocenters. The predicted octanol–water partition coefficient (Wildman–Crippen LogP) is 2.45. The summed E-state index contributed by atoms with van der Waals surface area (Å²) in [4.78, 5) is 11.8. The highest BCUT2D eigenvalue weighted by Gasteiger charge is 2.11. The third-order valence-corrected chi connectivity index (χ3v) is 2.73. The van der Waals surface area contributed by atoms with E-state index in [2.05, 4.69) is 5.32 Å². The number of halogens is 1. The predicted molar refractivity (Wildman–Crippen MR) is 65.7 cm³/mol. The number of hydrogen-bond donors (Lipinski definition) is 2. The molecule has 1 aromatic carbocycles. The van der Waals surface area contributed by atoms with Crippen molar-refractivity contribution in [3.05, 3.63) is 52.9 Å². The molecule has 0 spiro atoms. The van der Waals surface area contributed by atoms with E-state index in [1.807, 2.05) is 0 Å². The van der Waals surface area contributed by atoms with Gasteiger partial charge in [0, 0.05) is 12.1 Å². The number of carbonyl (C=O) groups excluding carboxylic acids is 1. The van der Waals surface area contributed by atoms with Crippen molar-refractivity contribution in [3.8, 4) is 0 Å². The number of hydrogen-bond acceptors (Lipinski definition) is 3. The molecule has 0 fully saturated rings. The van der Waals surface area contributed by atoms with Gasteiger partial charge >= 0.3 is 0 Å². The molecule has 0 aliphatic heterocycles. The molecule has 0 saturated heterocycles. The van der Waals surface area contributed by atoms with Gasteiger partial charge in [-0.1, -0.05) is 17.7 Å². The van der Waals surface area contributed by atoms with Crippen molar-refractivity contribution in [1.29, 1.82) is 0 Å². The number of nitrogens with two attached hydrogens (primary N) is 1. The number of anilines is 1. The van der Waals surface area contributed by atoms with Gasteiger partial charge in [0.1, 0.15) is 0 Å². The third-order valence-electron chi connectivity index (χ3n) is 2.31. The average Bonchev–Trinajstić information content (AvgIpc) is 2.82. The van der Waals surface area contributed by atoms with Crippen LogP contribution < -0.4 is 11.1 Å². The topological polar surface area (TPSA) is 68.3 Å². The van der Waals surface area contributed by atoms with Crippen molar-refractivity contribution in [2.24, 2.45) is 0 Å². The first-order valence-corrected chi connectivity index (χ1v) is 5.39. The molecule has 0 radical (unpaired) electrons. The maximum absolute atomic E-state index is 11.8. The summed E-state index contributed by atoms with van der Waals surface area (Å²) in [6.07, 6.45) is 3.12. The first-order chi connectivity index (χ1) is 8.18. The summed E-state index contributed by atoms with van der Waals surface area (Å²) in [5.74, 6) is -0.261. The van der Waals surface area contributed by atoms with Gasteiger partial charge in [-0.25, -0.2) is 0 Å². The monoisotopic (exact) mass is 250 g/mol.